The summed E-state index contributed by atoms with van der Waals surface area (Å²) >= 11 is 0. The molecule has 0 aromatic heterocycles. The predicted octanol–water partition coefficient (Wildman–Crippen LogP) is 1.25. The average molecular weight is 370 g/mol. The molecular weight excluding hydrogens is 343 g/mol. The number of carbonyl (C=O) groups is 1. The van der Waals surface area contributed by atoms with Crippen LogP contribution in [0.2, 0.25) is 0 Å². The first kappa shape index (κ1) is 19.8. The molecule has 0 spiro atoms. The van der Waals surface area contributed by atoms with E-state index in [0.29, 0.717) is 13.1 Å². The second kappa shape index (κ2) is 8.55. The Kier molecular flexibility index (Phi) is 9.41. The molecule has 0 fully saturated rings. The average Bonchev–Trinajstić information content (AvgIpc) is 2.14. The van der Waals surface area contributed by atoms with Gasteiger partial charge in [-0.1, -0.05) is 20.8 Å². The summed E-state index contributed by atoms with van der Waals surface area (Å²) in [5.41, 5.74) is -0.338. The van der Waals surface area contributed by atoms with Crippen LogP contribution >= 0.6 is 24.0 Å². The number of rotatable bonds is 3. The zero-order valence-electron chi connectivity index (χ0n) is 12.6. The van der Waals surface area contributed by atoms with Gasteiger partial charge >= 0.3 is 0 Å². The number of hydrogen-bond donors (Lipinski definition) is 1. The minimum Gasteiger partial charge on any atom is -0.354 e. The van der Waals surface area contributed by atoms with Crippen LogP contribution in [-0.2, 0) is 4.79 Å². The van der Waals surface area contributed by atoms with Crippen molar-refractivity contribution in [3.8, 4) is 0 Å². The Morgan fingerprint density at radius 3 is 1.89 bits per heavy atom. The van der Waals surface area contributed by atoms with E-state index in [0.717, 1.165) is 5.96 Å². The van der Waals surface area contributed by atoms with Crippen LogP contribution in [0.3, 0.4) is 0 Å². The number of aliphatic imine (C=N–C) groups is 1. The third-order valence-electron chi connectivity index (χ3n) is 2.13. The van der Waals surface area contributed by atoms with Gasteiger partial charge in [0.05, 0.1) is 6.54 Å². The zero-order chi connectivity index (χ0) is 13.6. The molecule has 0 atom stereocenters. The predicted molar refractivity (Wildman–Crippen MR) is 87.6 cm³/mol. The van der Waals surface area contributed by atoms with Crippen LogP contribution in [0.25, 0.3) is 0 Å². The van der Waals surface area contributed by atoms with E-state index in [4.69, 9.17) is 0 Å². The molecule has 6 heteroatoms. The SMILES string of the molecule is CN(C)C(=NCCNC(=O)C(C)(C)C)N(C)C.I. The zero-order valence-corrected chi connectivity index (χ0v) is 14.9. The number of guanidine groups is 1. The van der Waals surface area contributed by atoms with E-state index in [1.165, 1.54) is 0 Å². The topological polar surface area (TPSA) is 47.9 Å². The molecular formula is C12H27IN4O. The van der Waals surface area contributed by atoms with E-state index in [2.05, 4.69) is 10.3 Å². The molecule has 0 aliphatic rings. The molecule has 108 valence electrons. The number of nitrogens with one attached hydrogen (secondary N) is 1. The number of carbonyl (C=O) groups excluding carboxylic acids is 1. The van der Waals surface area contributed by atoms with Crippen molar-refractivity contribution in [1.82, 2.24) is 15.1 Å². The van der Waals surface area contributed by atoms with Crippen molar-refractivity contribution < 1.29 is 4.79 Å². The fraction of sp³-hybridized carbons (Fsp3) is 0.833. The first-order chi connectivity index (χ1) is 7.66. The highest BCUT2D eigenvalue weighted by molar-refractivity contribution is 14.0. The van der Waals surface area contributed by atoms with Crippen LogP contribution in [0.1, 0.15) is 20.8 Å². The second-order valence-corrected chi connectivity index (χ2v) is 5.48. The van der Waals surface area contributed by atoms with E-state index in [9.17, 15) is 4.79 Å². The van der Waals surface area contributed by atoms with Crippen molar-refractivity contribution in [3.05, 3.63) is 0 Å². The number of amides is 1. The van der Waals surface area contributed by atoms with Gasteiger partial charge in [0, 0.05) is 40.2 Å². The van der Waals surface area contributed by atoms with Gasteiger partial charge in [0.25, 0.3) is 0 Å². The maximum absolute atomic E-state index is 11.6. The summed E-state index contributed by atoms with van der Waals surface area (Å²) in [5, 5.41) is 2.87. The molecule has 1 amide bonds. The molecule has 0 aliphatic heterocycles. The Morgan fingerprint density at radius 2 is 1.56 bits per heavy atom. The van der Waals surface area contributed by atoms with Crippen LogP contribution in [0.4, 0.5) is 0 Å². The summed E-state index contributed by atoms with van der Waals surface area (Å²) in [7, 11) is 7.80. The van der Waals surface area contributed by atoms with Crippen molar-refractivity contribution in [2.24, 2.45) is 10.4 Å². The van der Waals surface area contributed by atoms with Crippen molar-refractivity contribution in [2.45, 2.75) is 20.8 Å². The quantitative estimate of drug-likeness (QED) is 0.352. The summed E-state index contributed by atoms with van der Waals surface area (Å²) < 4.78 is 0. The Balaban J connectivity index is 0. The van der Waals surface area contributed by atoms with Gasteiger partial charge in [-0.3, -0.25) is 9.79 Å². The highest BCUT2D eigenvalue weighted by atomic mass is 127. The molecule has 0 radical (unpaired) electrons. The maximum Gasteiger partial charge on any atom is 0.225 e. The highest BCUT2D eigenvalue weighted by Gasteiger charge is 2.20. The fourth-order valence-corrected chi connectivity index (χ4v) is 1.27. The normalized spacial score (nSPS) is 10.2. The lowest BCUT2D eigenvalue weighted by atomic mass is 9.96. The summed E-state index contributed by atoms with van der Waals surface area (Å²) in [6.45, 7) is 6.86. The standard InChI is InChI=1S/C12H26N4O.HI/c1-12(2,3)10(17)13-8-9-14-11(15(4)5)16(6)7;/h8-9H2,1-7H3,(H,13,17);1H. The van der Waals surface area contributed by atoms with Gasteiger partial charge in [-0.15, -0.1) is 24.0 Å². The molecule has 0 aliphatic carbocycles. The van der Waals surface area contributed by atoms with Gasteiger partial charge in [0.1, 0.15) is 0 Å². The lowest BCUT2D eigenvalue weighted by molar-refractivity contribution is -0.128. The molecule has 0 unspecified atom stereocenters. The van der Waals surface area contributed by atoms with Crippen molar-refractivity contribution in [2.75, 3.05) is 41.3 Å². The van der Waals surface area contributed by atoms with Crippen LogP contribution in [0.15, 0.2) is 4.99 Å². The molecule has 0 saturated carbocycles. The molecule has 0 aromatic carbocycles. The molecule has 0 rings (SSSR count). The number of hydrogen-bond acceptors (Lipinski definition) is 2. The fourth-order valence-electron chi connectivity index (χ4n) is 1.27. The number of nitrogens with zero attached hydrogens (tertiary/aromatic N) is 3. The Hall–Kier alpha value is -0.530. The van der Waals surface area contributed by atoms with Gasteiger partial charge in [0.15, 0.2) is 5.96 Å². The van der Waals surface area contributed by atoms with E-state index in [1.54, 1.807) is 0 Å². The summed E-state index contributed by atoms with van der Waals surface area (Å²) in [4.78, 5) is 19.9. The van der Waals surface area contributed by atoms with Gasteiger partial charge in [-0.2, -0.15) is 0 Å². The van der Waals surface area contributed by atoms with Crippen molar-refractivity contribution in [1.29, 1.82) is 0 Å². The molecule has 0 heterocycles. The van der Waals surface area contributed by atoms with E-state index >= 15 is 0 Å². The van der Waals surface area contributed by atoms with E-state index < -0.39 is 0 Å². The lowest BCUT2D eigenvalue weighted by Crippen LogP contribution is -2.38. The summed E-state index contributed by atoms with van der Waals surface area (Å²) in [5.74, 6) is 0.957. The lowest BCUT2D eigenvalue weighted by Gasteiger charge is -2.23. The number of halogens is 1. The van der Waals surface area contributed by atoms with Crippen molar-refractivity contribution >= 4 is 35.8 Å². The largest absolute Gasteiger partial charge is 0.354 e. The minimum absolute atomic E-state index is 0. The van der Waals surface area contributed by atoms with Crippen LogP contribution in [0.5, 0.6) is 0 Å². The smallest absolute Gasteiger partial charge is 0.225 e. The highest BCUT2D eigenvalue weighted by Crippen LogP contribution is 2.11. The first-order valence-electron chi connectivity index (χ1n) is 5.83. The molecule has 0 bridgehead atoms. The summed E-state index contributed by atoms with van der Waals surface area (Å²) in [6, 6.07) is 0. The second-order valence-electron chi connectivity index (χ2n) is 5.48. The molecule has 5 nitrogen and oxygen atoms in total. The van der Waals surface area contributed by atoms with Gasteiger partial charge in [-0.25, -0.2) is 0 Å². The molecule has 18 heavy (non-hydrogen) atoms. The van der Waals surface area contributed by atoms with E-state index in [-0.39, 0.29) is 35.3 Å². The van der Waals surface area contributed by atoms with Gasteiger partial charge in [0.2, 0.25) is 5.91 Å². The van der Waals surface area contributed by atoms with E-state index in [1.807, 2.05) is 58.8 Å². The third kappa shape index (κ3) is 7.73. The summed E-state index contributed by atoms with van der Waals surface area (Å²) in [6.07, 6.45) is 0. The molecule has 0 aromatic rings. The maximum atomic E-state index is 11.6. The van der Waals surface area contributed by atoms with Crippen LogP contribution in [-0.4, -0.2) is 62.9 Å². The molecule has 0 saturated heterocycles. The third-order valence-corrected chi connectivity index (χ3v) is 2.13. The Labute approximate surface area is 128 Å². The van der Waals surface area contributed by atoms with Gasteiger partial charge < -0.3 is 15.1 Å². The van der Waals surface area contributed by atoms with Crippen LogP contribution in [0, 0.1) is 5.41 Å². The Morgan fingerprint density at radius 1 is 1.11 bits per heavy atom. The van der Waals surface area contributed by atoms with Crippen LogP contribution < -0.4 is 5.32 Å². The van der Waals surface area contributed by atoms with Gasteiger partial charge in [-0.05, 0) is 0 Å². The minimum atomic E-state index is -0.338. The molecule has 1 N–H and O–H groups in total. The Bertz CT molecular complexity index is 272. The van der Waals surface area contributed by atoms with Crippen molar-refractivity contribution in [3.63, 3.8) is 0 Å². The monoisotopic (exact) mass is 370 g/mol. The first-order valence-corrected chi connectivity index (χ1v) is 5.83.